The Morgan fingerprint density at radius 3 is 2.50 bits per heavy atom. The van der Waals surface area contributed by atoms with E-state index in [1.165, 1.54) is 4.90 Å². The van der Waals surface area contributed by atoms with E-state index in [9.17, 15) is 4.79 Å². The van der Waals surface area contributed by atoms with E-state index in [4.69, 9.17) is 4.74 Å². The molecule has 0 aromatic rings. The predicted octanol–water partition coefficient (Wildman–Crippen LogP) is 2.08. The molecule has 0 bridgehead atoms. The van der Waals surface area contributed by atoms with Crippen molar-refractivity contribution in [3.63, 3.8) is 0 Å². The standard InChI is InChI=1S/C9H18NO2/c1-5-7-8(6-2)12-9(11)10(3)4/h8H,1,5-7H2,2-4H3. The molecule has 0 aliphatic carbocycles. The van der Waals surface area contributed by atoms with Crippen LogP contribution in [0.5, 0.6) is 0 Å². The van der Waals surface area contributed by atoms with Crippen molar-refractivity contribution in [1.82, 2.24) is 4.90 Å². The van der Waals surface area contributed by atoms with E-state index in [1.807, 2.05) is 6.92 Å². The van der Waals surface area contributed by atoms with E-state index in [-0.39, 0.29) is 12.2 Å². The zero-order valence-electron chi connectivity index (χ0n) is 8.17. The van der Waals surface area contributed by atoms with Gasteiger partial charge in [-0.3, -0.25) is 0 Å². The molecule has 0 spiro atoms. The lowest BCUT2D eigenvalue weighted by Gasteiger charge is -2.18. The van der Waals surface area contributed by atoms with Crippen molar-refractivity contribution in [2.24, 2.45) is 0 Å². The Kier molecular flexibility index (Phi) is 5.51. The number of ether oxygens (including phenoxy) is 1. The highest BCUT2D eigenvalue weighted by Gasteiger charge is 2.12. The third kappa shape index (κ3) is 4.21. The van der Waals surface area contributed by atoms with Crippen molar-refractivity contribution in [3.8, 4) is 0 Å². The highest BCUT2D eigenvalue weighted by atomic mass is 16.6. The molecule has 0 aromatic carbocycles. The molecule has 12 heavy (non-hydrogen) atoms. The average Bonchev–Trinajstić information content (AvgIpc) is 2.03. The largest absolute Gasteiger partial charge is 0.446 e. The van der Waals surface area contributed by atoms with Crippen LogP contribution in [0.25, 0.3) is 0 Å². The molecule has 71 valence electrons. The van der Waals surface area contributed by atoms with E-state index in [0.29, 0.717) is 0 Å². The third-order valence-electron chi connectivity index (χ3n) is 1.61. The lowest BCUT2D eigenvalue weighted by molar-refractivity contribution is 0.0688. The molecule has 0 N–H and O–H groups in total. The number of amides is 1. The van der Waals surface area contributed by atoms with Crippen molar-refractivity contribution in [1.29, 1.82) is 0 Å². The van der Waals surface area contributed by atoms with Gasteiger partial charge in [0.05, 0.1) is 0 Å². The summed E-state index contributed by atoms with van der Waals surface area (Å²) in [7, 11) is 3.36. The Morgan fingerprint density at radius 1 is 1.58 bits per heavy atom. The first kappa shape index (κ1) is 11.3. The molecule has 0 fully saturated rings. The minimum absolute atomic E-state index is 0.0254. The Bertz CT molecular complexity index is 134. The molecule has 0 saturated heterocycles. The van der Waals surface area contributed by atoms with Gasteiger partial charge in [-0.2, -0.15) is 0 Å². The van der Waals surface area contributed by atoms with Crippen molar-refractivity contribution in [3.05, 3.63) is 6.92 Å². The number of carbonyl (C=O) groups excluding carboxylic acids is 1. The Labute approximate surface area is 74.7 Å². The molecule has 0 rings (SSSR count). The van der Waals surface area contributed by atoms with Crippen LogP contribution >= 0.6 is 0 Å². The van der Waals surface area contributed by atoms with Crippen LogP contribution < -0.4 is 0 Å². The van der Waals surface area contributed by atoms with Gasteiger partial charge in [0.15, 0.2) is 0 Å². The van der Waals surface area contributed by atoms with Gasteiger partial charge in [-0.25, -0.2) is 4.79 Å². The van der Waals surface area contributed by atoms with Crippen LogP contribution in [0, 0.1) is 6.92 Å². The van der Waals surface area contributed by atoms with Crippen LogP contribution in [0.1, 0.15) is 26.2 Å². The summed E-state index contributed by atoms with van der Waals surface area (Å²) in [5, 5.41) is 0. The molecular formula is C9H18NO2. The van der Waals surface area contributed by atoms with Gasteiger partial charge in [-0.15, -0.1) is 0 Å². The summed E-state index contributed by atoms with van der Waals surface area (Å²) in [5.41, 5.74) is 0. The van der Waals surface area contributed by atoms with E-state index < -0.39 is 0 Å². The summed E-state index contributed by atoms with van der Waals surface area (Å²) in [4.78, 5) is 12.5. The Hall–Kier alpha value is -0.730. The summed E-state index contributed by atoms with van der Waals surface area (Å²) in [5.74, 6) is 0. The molecule has 1 radical (unpaired) electrons. The Balaban J connectivity index is 3.77. The summed E-state index contributed by atoms with van der Waals surface area (Å²) in [6.07, 6.45) is 2.26. The van der Waals surface area contributed by atoms with Gasteiger partial charge in [0.25, 0.3) is 0 Å². The smallest absolute Gasteiger partial charge is 0.409 e. The second-order valence-electron chi connectivity index (χ2n) is 2.95. The van der Waals surface area contributed by atoms with Crippen LogP contribution in [0.15, 0.2) is 0 Å². The molecule has 0 aliphatic rings. The van der Waals surface area contributed by atoms with Gasteiger partial charge in [-0.05, 0) is 19.3 Å². The van der Waals surface area contributed by atoms with E-state index in [0.717, 1.165) is 19.3 Å². The first-order valence-corrected chi connectivity index (χ1v) is 4.29. The van der Waals surface area contributed by atoms with Crippen LogP contribution in [-0.2, 0) is 4.74 Å². The monoisotopic (exact) mass is 172 g/mol. The van der Waals surface area contributed by atoms with Crippen LogP contribution in [0.3, 0.4) is 0 Å². The van der Waals surface area contributed by atoms with Gasteiger partial charge in [0.2, 0.25) is 0 Å². The highest BCUT2D eigenvalue weighted by molar-refractivity contribution is 5.66. The van der Waals surface area contributed by atoms with Crippen molar-refractivity contribution >= 4 is 6.09 Å². The summed E-state index contributed by atoms with van der Waals surface area (Å²) in [6.45, 7) is 5.72. The minimum atomic E-state index is -0.268. The number of carbonyl (C=O) groups is 1. The second-order valence-corrected chi connectivity index (χ2v) is 2.95. The molecule has 3 nitrogen and oxygen atoms in total. The van der Waals surface area contributed by atoms with Gasteiger partial charge in [0.1, 0.15) is 6.10 Å². The third-order valence-corrected chi connectivity index (χ3v) is 1.61. The first-order chi connectivity index (χ1) is 5.61. The maximum absolute atomic E-state index is 11.1. The van der Waals surface area contributed by atoms with Gasteiger partial charge >= 0.3 is 6.09 Å². The van der Waals surface area contributed by atoms with Crippen LogP contribution in [0.2, 0.25) is 0 Å². The maximum Gasteiger partial charge on any atom is 0.409 e. The molecule has 0 saturated carbocycles. The van der Waals surface area contributed by atoms with Crippen molar-refractivity contribution in [2.75, 3.05) is 14.1 Å². The minimum Gasteiger partial charge on any atom is -0.446 e. The maximum atomic E-state index is 11.1. The van der Waals surface area contributed by atoms with Gasteiger partial charge in [0, 0.05) is 14.1 Å². The van der Waals surface area contributed by atoms with Crippen LogP contribution in [0.4, 0.5) is 4.79 Å². The predicted molar refractivity (Wildman–Crippen MR) is 48.8 cm³/mol. The fraction of sp³-hybridized carbons (Fsp3) is 0.778. The summed E-state index contributed by atoms with van der Waals surface area (Å²) >= 11 is 0. The van der Waals surface area contributed by atoms with E-state index in [1.54, 1.807) is 14.1 Å². The van der Waals surface area contributed by atoms with E-state index >= 15 is 0 Å². The first-order valence-electron chi connectivity index (χ1n) is 4.29. The second kappa shape index (κ2) is 5.86. The average molecular weight is 172 g/mol. The molecule has 0 aromatic heterocycles. The highest BCUT2D eigenvalue weighted by Crippen LogP contribution is 2.07. The lowest BCUT2D eigenvalue weighted by Crippen LogP contribution is -2.27. The molecule has 1 unspecified atom stereocenters. The fourth-order valence-corrected chi connectivity index (χ4v) is 0.822. The van der Waals surface area contributed by atoms with Gasteiger partial charge < -0.3 is 9.64 Å². The van der Waals surface area contributed by atoms with Crippen molar-refractivity contribution in [2.45, 2.75) is 32.3 Å². The molecular weight excluding hydrogens is 154 g/mol. The fourth-order valence-electron chi connectivity index (χ4n) is 0.822. The molecule has 0 heterocycles. The normalized spacial score (nSPS) is 12.3. The van der Waals surface area contributed by atoms with E-state index in [2.05, 4.69) is 6.92 Å². The van der Waals surface area contributed by atoms with Crippen LogP contribution in [-0.4, -0.2) is 31.2 Å². The topological polar surface area (TPSA) is 29.5 Å². The number of hydrogen-bond acceptors (Lipinski definition) is 2. The van der Waals surface area contributed by atoms with Crippen molar-refractivity contribution < 1.29 is 9.53 Å². The van der Waals surface area contributed by atoms with Gasteiger partial charge in [-0.1, -0.05) is 13.8 Å². The Morgan fingerprint density at radius 2 is 2.17 bits per heavy atom. The molecule has 1 atom stereocenters. The molecule has 3 heteroatoms. The number of nitrogens with zero attached hydrogens (tertiary/aromatic N) is 1. The SMILES string of the molecule is [CH2]CCC(CC)OC(=O)N(C)C. The number of rotatable bonds is 4. The zero-order chi connectivity index (χ0) is 9.56. The molecule has 1 amide bonds. The summed E-state index contributed by atoms with van der Waals surface area (Å²) in [6, 6.07) is 0. The summed E-state index contributed by atoms with van der Waals surface area (Å²) < 4.78 is 5.15. The zero-order valence-corrected chi connectivity index (χ0v) is 8.17. The lowest BCUT2D eigenvalue weighted by atomic mass is 10.2. The quantitative estimate of drug-likeness (QED) is 0.649. The number of hydrogen-bond donors (Lipinski definition) is 0. The molecule has 0 aliphatic heterocycles.